The maximum atomic E-state index is 13.1. The molecular formula is C22H29FIN3O2. The molecule has 1 fully saturated rings. The Balaban J connectivity index is 0.00000300. The van der Waals surface area contributed by atoms with Crippen molar-refractivity contribution in [2.24, 2.45) is 4.99 Å². The zero-order chi connectivity index (χ0) is 19.8. The third-order valence-corrected chi connectivity index (χ3v) is 5.34. The van der Waals surface area contributed by atoms with Gasteiger partial charge in [-0.15, -0.1) is 24.0 Å². The molecular weight excluding hydrogens is 484 g/mol. The molecule has 0 atom stereocenters. The summed E-state index contributed by atoms with van der Waals surface area (Å²) in [6.07, 6.45) is 1.89. The number of rotatable bonds is 6. The molecule has 1 aliphatic heterocycles. The van der Waals surface area contributed by atoms with Crippen LogP contribution in [0.4, 0.5) is 4.39 Å². The number of hydrogen-bond acceptors (Lipinski definition) is 3. The molecule has 0 amide bonds. The van der Waals surface area contributed by atoms with Crippen molar-refractivity contribution in [1.29, 1.82) is 0 Å². The van der Waals surface area contributed by atoms with Gasteiger partial charge in [0.05, 0.1) is 7.11 Å². The highest BCUT2D eigenvalue weighted by Crippen LogP contribution is 2.35. The summed E-state index contributed by atoms with van der Waals surface area (Å²) in [7, 11) is 3.43. The van der Waals surface area contributed by atoms with E-state index in [9.17, 15) is 4.39 Å². The fourth-order valence-corrected chi connectivity index (χ4v) is 3.54. The van der Waals surface area contributed by atoms with Gasteiger partial charge in [-0.25, -0.2) is 4.39 Å². The second kappa shape index (κ2) is 11.3. The van der Waals surface area contributed by atoms with Crippen molar-refractivity contribution in [1.82, 2.24) is 10.6 Å². The molecule has 29 heavy (non-hydrogen) atoms. The molecule has 0 bridgehead atoms. The molecule has 0 aliphatic carbocycles. The Morgan fingerprint density at radius 2 is 1.72 bits per heavy atom. The topological polar surface area (TPSA) is 54.9 Å². The fourth-order valence-electron chi connectivity index (χ4n) is 3.54. The Hall–Kier alpha value is -1.87. The minimum Gasteiger partial charge on any atom is -0.497 e. The summed E-state index contributed by atoms with van der Waals surface area (Å²) in [5, 5.41) is 6.76. The summed E-state index contributed by atoms with van der Waals surface area (Å²) >= 11 is 0. The van der Waals surface area contributed by atoms with Crippen LogP contribution in [0.5, 0.6) is 5.75 Å². The predicted octanol–water partition coefficient (Wildman–Crippen LogP) is 3.87. The van der Waals surface area contributed by atoms with Crippen LogP contribution in [0.3, 0.4) is 0 Å². The SMILES string of the molecule is CN=C(NCc1ccc(F)cc1)NCC1(c2ccc(OC)cc2)CCOCC1.I. The zero-order valence-corrected chi connectivity index (χ0v) is 19.2. The van der Waals surface area contributed by atoms with Gasteiger partial charge in [-0.2, -0.15) is 0 Å². The quantitative estimate of drug-likeness (QED) is 0.350. The van der Waals surface area contributed by atoms with E-state index >= 15 is 0 Å². The maximum absolute atomic E-state index is 13.1. The van der Waals surface area contributed by atoms with Crippen molar-refractivity contribution in [3.63, 3.8) is 0 Å². The van der Waals surface area contributed by atoms with Crippen LogP contribution in [0, 0.1) is 5.82 Å². The van der Waals surface area contributed by atoms with Crippen molar-refractivity contribution in [2.45, 2.75) is 24.8 Å². The molecule has 0 aromatic heterocycles. The van der Waals surface area contributed by atoms with Crippen LogP contribution >= 0.6 is 24.0 Å². The van der Waals surface area contributed by atoms with Crippen LogP contribution in [0.1, 0.15) is 24.0 Å². The predicted molar refractivity (Wildman–Crippen MR) is 125 cm³/mol. The molecule has 5 nitrogen and oxygen atoms in total. The lowest BCUT2D eigenvalue weighted by Gasteiger charge is -2.38. The molecule has 3 rings (SSSR count). The number of benzene rings is 2. The highest BCUT2D eigenvalue weighted by atomic mass is 127. The summed E-state index contributed by atoms with van der Waals surface area (Å²) < 4.78 is 24.0. The molecule has 0 radical (unpaired) electrons. The second-order valence-electron chi connectivity index (χ2n) is 7.03. The largest absolute Gasteiger partial charge is 0.497 e. The highest BCUT2D eigenvalue weighted by Gasteiger charge is 2.34. The van der Waals surface area contributed by atoms with E-state index in [0.29, 0.717) is 6.54 Å². The first kappa shape index (κ1) is 23.4. The normalized spacial score (nSPS) is 15.9. The number of methoxy groups -OCH3 is 1. The molecule has 1 aliphatic rings. The molecule has 0 saturated carbocycles. The zero-order valence-electron chi connectivity index (χ0n) is 16.9. The first-order chi connectivity index (χ1) is 13.6. The van der Waals surface area contributed by atoms with Crippen molar-refractivity contribution in [3.05, 3.63) is 65.5 Å². The highest BCUT2D eigenvalue weighted by molar-refractivity contribution is 14.0. The van der Waals surface area contributed by atoms with Gasteiger partial charge in [0.1, 0.15) is 11.6 Å². The monoisotopic (exact) mass is 513 g/mol. The second-order valence-corrected chi connectivity index (χ2v) is 7.03. The Kier molecular flexibility index (Phi) is 9.16. The standard InChI is InChI=1S/C22H28FN3O2.HI/c1-24-21(25-15-17-3-7-19(23)8-4-17)26-16-22(11-13-28-14-12-22)18-5-9-20(27-2)10-6-18;/h3-10H,11-16H2,1-2H3,(H2,24,25,26);1H. The lowest BCUT2D eigenvalue weighted by atomic mass is 9.74. The number of ether oxygens (including phenoxy) is 2. The van der Waals surface area contributed by atoms with Crippen LogP contribution in [-0.4, -0.2) is 39.9 Å². The summed E-state index contributed by atoms with van der Waals surface area (Å²) in [6, 6.07) is 14.8. The van der Waals surface area contributed by atoms with E-state index in [1.807, 2.05) is 12.1 Å². The molecule has 2 aromatic carbocycles. The van der Waals surface area contributed by atoms with Crippen LogP contribution in [-0.2, 0) is 16.7 Å². The van der Waals surface area contributed by atoms with Gasteiger partial charge < -0.3 is 20.1 Å². The van der Waals surface area contributed by atoms with Gasteiger partial charge in [0.25, 0.3) is 0 Å². The first-order valence-corrected chi connectivity index (χ1v) is 9.56. The Morgan fingerprint density at radius 3 is 2.31 bits per heavy atom. The van der Waals surface area contributed by atoms with Gasteiger partial charge in [0.15, 0.2) is 5.96 Å². The maximum Gasteiger partial charge on any atom is 0.191 e. The Labute approximate surface area is 189 Å². The molecule has 7 heteroatoms. The number of aliphatic imine (C=N–C) groups is 1. The van der Waals surface area contributed by atoms with Crippen LogP contribution in [0.15, 0.2) is 53.5 Å². The molecule has 1 heterocycles. The van der Waals surface area contributed by atoms with E-state index in [4.69, 9.17) is 9.47 Å². The average molecular weight is 513 g/mol. The molecule has 0 unspecified atom stereocenters. The minimum atomic E-state index is -0.229. The van der Waals surface area contributed by atoms with Crippen molar-refractivity contribution in [2.75, 3.05) is 33.9 Å². The third-order valence-electron chi connectivity index (χ3n) is 5.34. The van der Waals surface area contributed by atoms with Gasteiger partial charge in [0.2, 0.25) is 0 Å². The minimum absolute atomic E-state index is 0. The summed E-state index contributed by atoms with van der Waals surface area (Å²) in [4.78, 5) is 4.33. The number of hydrogen-bond donors (Lipinski definition) is 2. The molecule has 2 N–H and O–H groups in total. The molecule has 0 spiro atoms. The number of nitrogens with one attached hydrogen (secondary N) is 2. The van der Waals surface area contributed by atoms with Crippen LogP contribution in [0.2, 0.25) is 0 Å². The van der Waals surface area contributed by atoms with Gasteiger partial charge in [0, 0.05) is 38.8 Å². The van der Waals surface area contributed by atoms with E-state index in [1.165, 1.54) is 17.7 Å². The molecule has 2 aromatic rings. The van der Waals surface area contributed by atoms with Crippen molar-refractivity contribution < 1.29 is 13.9 Å². The Morgan fingerprint density at radius 1 is 1.07 bits per heavy atom. The third kappa shape index (κ3) is 6.30. The van der Waals surface area contributed by atoms with Crippen LogP contribution < -0.4 is 15.4 Å². The Bertz CT molecular complexity index is 776. The van der Waals surface area contributed by atoms with Crippen LogP contribution in [0.25, 0.3) is 0 Å². The van der Waals surface area contributed by atoms with Crippen molar-refractivity contribution >= 4 is 29.9 Å². The molecule has 1 saturated heterocycles. The lowest BCUT2D eigenvalue weighted by Crippen LogP contribution is -2.47. The fraction of sp³-hybridized carbons (Fsp3) is 0.409. The number of halogens is 2. The van der Waals surface area contributed by atoms with Gasteiger partial charge >= 0.3 is 0 Å². The van der Waals surface area contributed by atoms with Crippen molar-refractivity contribution in [3.8, 4) is 5.75 Å². The van der Waals surface area contributed by atoms with E-state index in [0.717, 1.165) is 49.9 Å². The summed E-state index contributed by atoms with van der Waals surface area (Å²) in [5.74, 6) is 1.35. The number of guanidine groups is 1. The first-order valence-electron chi connectivity index (χ1n) is 9.56. The molecule has 158 valence electrons. The van der Waals surface area contributed by atoms with E-state index in [-0.39, 0.29) is 35.2 Å². The van der Waals surface area contributed by atoms with E-state index < -0.39 is 0 Å². The summed E-state index contributed by atoms with van der Waals surface area (Å²) in [6.45, 7) is 2.83. The van der Waals surface area contributed by atoms with Gasteiger partial charge in [-0.05, 0) is 48.2 Å². The number of nitrogens with zero attached hydrogens (tertiary/aromatic N) is 1. The van der Waals surface area contributed by atoms with Gasteiger partial charge in [-0.1, -0.05) is 24.3 Å². The van der Waals surface area contributed by atoms with E-state index in [2.05, 4.69) is 27.8 Å². The average Bonchev–Trinajstić information content (AvgIpc) is 2.76. The van der Waals surface area contributed by atoms with Gasteiger partial charge in [-0.3, -0.25) is 4.99 Å². The summed E-state index contributed by atoms with van der Waals surface area (Å²) in [5.41, 5.74) is 2.26. The lowest BCUT2D eigenvalue weighted by molar-refractivity contribution is 0.0513. The smallest absolute Gasteiger partial charge is 0.191 e. The van der Waals surface area contributed by atoms with E-state index in [1.54, 1.807) is 26.3 Å².